The monoisotopic (exact) mass is 210 g/mol. The topological polar surface area (TPSA) is 104 Å². The van der Waals surface area contributed by atoms with Gasteiger partial charge in [0.15, 0.2) is 0 Å². The molecule has 0 amide bonds. The maximum atomic E-state index is 10.6. The third kappa shape index (κ3) is 3.36. The summed E-state index contributed by atoms with van der Waals surface area (Å²) in [6, 6.07) is 3.83. The van der Waals surface area contributed by atoms with Gasteiger partial charge in [0, 0.05) is 0 Å². The van der Waals surface area contributed by atoms with E-state index in [0.717, 1.165) is 0 Å². The minimum Gasteiger partial charge on any atom is -0.480 e. The molecule has 0 fully saturated rings. The molecule has 6 heteroatoms. The Morgan fingerprint density at radius 2 is 2.00 bits per heavy atom. The zero-order chi connectivity index (χ0) is 12.3. The molecule has 0 spiro atoms. The minimum absolute atomic E-state index is 0.149. The first kappa shape index (κ1) is 10.2. The Balaban J connectivity index is 2.80. The lowest BCUT2D eigenvalue weighted by Gasteiger charge is -2.07. The van der Waals surface area contributed by atoms with Crippen LogP contribution < -0.4 is 11.2 Å². The molecular weight excluding hydrogens is 197 g/mol. The van der Waals surface area contributed by atoms with E-state index in [-0.39, 0.29) is 6.42 Å². The molecule has 0 radical (unpaired) electrons. The van der Waals surface area contributed by atoms with Crippen molar-refractivity contribution in [2.75, 3.05) is 0 Å². The minimum atomic E-state index is -2.07. The molecule has 1 rings (SSSR count). The Hall–Kier alpha value is -1.37. The van der Waals surface area contributed by atoms with E-state index >= 15 is 0 Å². The third-order valence-electron chi connectivity index (χ3n) is 1.95. The van der Waals surface area contributed by atoms with Crippen LogP contribution in [-0.4, -0.2) is 34.3 Å². The van der Waals surface area contributed by atoms with Crippen LogP contribution >= 0.6 is 0 Å². The number of carbonyl (C=O) groups is 1. The fourth-order valence-electron chi connectivity index (χ4n) is 1.10. The molecular formula is C9H12BNO4. The first-order chi connectivity index (χ1) is 7.33. The highest BCUT2D eigenvalue weighted by Crippen LogP contribution is 2.01. The van der Waals surface area contributed by atoms with Gasteiger partial charge in [-0.25, -0.2) is 0 Å². The smallest absolute Gasteiger partial charge is 0.480 e. The van der Waals surface area contributed by atoms with E-state index < -0.39 is 19.1 Å². The van der Waals surface area contributed by atoms with E-state index in [1.54, 1.807) is 0 Å². The molecule has 0 aliphatic heterocycles. The van der Waals surface area contributed by atoms with Crippen LogP contribution in [0.1, 0.15) is 6.93 Å². The maximum Gasteiger partial charge on any atom is 0.488 e. The van der Waals surface area contributed by atoms with Crippen LogP contribution in [0.4, 0.5) is 0 Å². The van der Waals surface area contributed by atoms with Crippen LogP contribution in [-0.2, 0) is 11.2 Å². The lowest BCUT2D eigenvalue weighted by Crippen LogP contribution is -2.33. The van der Waals surface area contributed by atoms with Gasteiger partial charge in [-0.15, -0.1) is 0 Å². The summed E-state index contributed by atoms with van der Waals surface area (Å²) in [6.07, 6.45) is -0.149. The van der Waals surface area contributed by atoms with Crippen molar-refractivity contribution in [2.45, 2.75) is 12.4 Å². The molecule has 1 aromatic carbocycles. The van der Waals surface area contributed by atoms with Gasteiger partial charge in [0.1, 0.15) is 6.02 Å². The number of aliphatic carboxylic acids is 1. The molecule has 0 aliphatic rings. The molecule has 0 saturated carbocycles. The van der Waals surface area contributed by atoms with Crippen molar-refractivity contribution >= 4 is 18.6 Å². The van der Waals surface area contributed by atoms with Gasteiger partial charge in [-0.2, -0.15) is 0 Å². The first-order valence-electron chi connectivity index (χ1n) is 4.80. The lowest BCUT2D eigenvalue weighted by atomic mass is 9.80. The molecule has 0 aliphatic carbocycles. The van der Waals surface area contributed by atoms with Crippen LogP contribution in [0.25, 0.3) is 0 Å². The summed E-state index contributed by atoms with van der Waals surface area (Å²) in [7, 11) is -1.56. The average Bonchev–Trinajstić information content (AvgIpc) is 2.17. The van der Waals surface area contributed by atoms with E-state index in [0.29, 0.717) is 11.0 Å². The number of hydrogen-bond donors (Lipinski definition) is 4. The molecule has 15 heavy (non-hydrogen) atoms. The quantitative estimate of drug-likeness (QED) is 0.444. The van der Waals surface area contributed by atoms with Crippen molar-refractivity contribution in [3.63, 3.8) is 0 Å². The number of hydrogen-bond acceptors (Lipinski definition) is 4. The maximum absolute atomic E-state index is 10.6. The standard InChI is InChI=1S/C9H12BNO4/c11-8(9(12)13)5-6-1-3-7(4-2-6)10(14)15/h1-4,8,14-15H,5,11H2,(H,12,13)/t8-/m0/s1/i8D. The summed E-state index contributed by atoms with van der Waals surface area (Å²) in [5.41, 5.74) is 6.10. The summed E-state index contributed by atoms with van der Waals surface area (Å²) < 4.78 is 7.34. The van der Waals surface area contributed by atoms with Gasteiger partial charge < -0.3 is 20.9 Å². The van der Waals surface area contributed by atoms with Crippen LogP contribution in [0.5, 0.6) is 0 Å². The number of benzene rings is 1. The van der Waals surface area contributed by atoms with Gasteiger partial charge in [-0.05, 0) is 17.4 Å². The molecule has 80 valence electrons. The second-order valence-corrected chi connectivity index (χ2v) is 3.12. The number of nitrogens with two attached hydrogens (primary N) is 1. The Labute approximate surface area is 88.7 Å². The highest BCUT2D eigenvalue weighted by atomic mass is 16.4. The SMILES string of the molecule is [2H][C@](N)(Cc1ccc(B(O)O)cc1)C(=O)O. The Bertz CT molecular complexity index is 380. The fraction of sp³-hybridized carbons (Fsp3) is 0.222. The number of rotatable bonds is 4. The highest BCUT2D eigenvalue weighted by Gasteiger charge is 2.13. The normalized spacial score (nSPS) is 15.3. The van der Waals surface area contributed by atoms with Crippen molar-refractivity contribution in [3.05, 3.63) is 29.8 Å². The molecule has 0 bridgehead atoms. The van der Waals surface area contributed by atoms with Crippen LogP contribution in [0.2, 0.25) is 0 Å². The van der Waals surface area contributed by atoms with E-state index in [1.165, 1.54) is 24.3 Å². The van der Waals surface area contributed by atoms with E-state index in [1.807, 2.05) is 0 Å². The summed E-state index contributed by atoms with van der Waals surface area (Å²) in [4.78, 5) is 10.6. The van der Waals surface area contributed by atoms with Gasteiger partial charge in [0.05, 0.1) is 1.37 Å². The van der Waals surface area contributed by atoms with E-state index in [2.05, 4.69) is 0 Å². The molecule has 0 saturated heterocycles. The zero-order valence-corrected chi connectivity index (χ0v) is 7.92. The molecule has 1 aromatic rings. The highest BCUT2D eigenvalue weighted by molar-refractivity contribution is 6.58. The molecule has 0 heterocycles. The molecule has 1 atom stereocenters. The van der Waals surface area contributed by atoms with Gasteiger partial charge >= 0.3 is 13.1 Å². The van der Waals surface area contributed by atoms with Crippen molar-refractivity contribution in [2.24, 2.45) is 5.73 Å². The van der Waals surface area contributed by atoms with Crippen molar-refractivity contribution in [1.82, 2.24) is 0 Å². The molecule has 0 unspecified atom stereocenters. The lowest BCUT2D eigenvalue weighted by molar-refractivity contribution is -0.138. The zero-order valence-electron chi connectivity index (χ0n) is 8.92. The third-order valence-corrected chi connectivity index (χ3v) is 1.95. The summed E-state index contributed by atoms with van der Waals surface area (Å²) >= 11 is 0. The van der Waals surface area contributed by atoms with Gasteiger partial charge in [-0.3, -0.25) is 4.79 Å². The number of carboxylic acid groups (broad SMARTS) is 1. The van der Waals surface area contributed by atoms with Crippen LogP contribution in [0.15, 0.2) is 24.3 Å². The van der Waals surface area contributed by atoms with E-state index in [9.17, 15) is 4.79 Å². The average molecular weight is 210 g/mol. The largest absolute Gasteiger partial charge is 0.488 e. The molecule has 5 N–H and O–H groups in total. The number of carboxylic acids is 1. The fourth-order valence-corrected chi connectivity index (χ4v) is 1.10. The Kier molecular flexibility index (Phi) is 3.34. The molecule has 5 nitrogen and oxygen atoms in total. The second-order valence-electron chi connectivity index (χ2n) is 3.12. The summed E-state index contributed by atoms with van der Waals surface area (Å²) in [6.45, 7) is 0. The van der Waals surface area contributed by atoms with Gasteiger partial charge in [0.2, 0.25) is 0 Å². The predicted octanol–water partition coefficient (Wildman–Crippen LogP) is -1.68. The van der Waals surface area contributed by atoms with Crippen molar-refractivity contribution in [1.29, 1.82) is 0 Å². The van der Waals surface area contributed by atoms with Gasteiger partial charge in [0.25, 0.3) is 0 Å². The summed E-state index contributed by atoms with van der Waals surface area (Å²) in [5.74, 6) is -1.40. The van der Waals surface area contributed by atoms with Crippen molar-refractivity contribution in [3.8, 4) is 0 Å². The Morgan fingerprint density at radius 1 is 1.47 bits per heavy atom. The second kappa shape index (κ2) is 4.93. The van der Waals surface area contributed by atoms with Crippen LogP contribution in [0, 0.1) is 0 Å². The van der Waals surface area contributed by atoms with Crippen LogP contribution in [0.3, 0.4) is 0 Å². The first-order valence-corrected chi connectivity index (χ1v) is 4.30. The van der Waals surface area contributed by atoms with E-state index in [4.69, 9.17) is 22.3 Å². The Morgan fingerprint density at radius 3 is 2.40 bits per heavy atom. The molecule has 0 aromatic heterocycles. The van der Waals surface area contributed by atoms with Gasteiger partial charge in [-0.1, -0.05) is 24.3 Å². The van der Waals surface area contributed by atoms with Crippen molar-refractivity contribution < 1.29 is 21.3 Å². The summed E-state index contributed by atoms with van der Waals surface area (Å²) in [5, 5.41) is 26.3. The predicted molar refractivity (Wildman–Crippen MR) is 55.6 cm³/mol.